The van der Waals surface area contributed by atoms with Crippen molar-refractivity contribution in [1.29, 1.82) is 0 Å². The molecule has 0 aromatic carbocycles. The molecule has 1 rings (SSSR count). The molecule has 0 saturated heterocycles. The molecule has 0 radical (unpaired) electrons. The van der Waals surface area contributed by atoms with E-state index in [1.54, 1.807) is 0 Å². The van der Waals surface area contributed by atoms with Crippen LogP contribution in [0.2, 0.25) is 0 Å². The van der Waals surface area contributed by atoms with Gasteiger partial charge in [0.05, 0.1) is 12.4 Å². The molecule has 0 unspecified atom stereocenters. The van der Waals surface area contributed by atoms with Gasteiger partial charge in [0.25, 0.3) is 0 Å². The average molecular weight is 315 g/mol. The van der Waals surface area contributed by atoms with Crippen LogP contribution in [0.1, 0.15) is 27.2 Å². The number of likely N-dealkylation sites (N-methyl/N-ethyl adjacent to an activating group) is 1. The Kier molecular flexibility index (Phi) is 7.55. The van der Waals surface area contributed by atoms with Crippen LogP contribution in [0.15, 0.2) is 17.3 Å². The zero-order valence-corrected chi connectivity index (χ0v) is 13.8. The first-order valence-electron chi connectivity index (χ1n) is 7.31. The lowest BCUT2D eigenvalue weighted by molar-refractivity contribution is 0.293. The lowest BCUT2D eigenvalue weighted by atomic mass is 10.4. The highest BCUT2D eigenvalue weighted by atomic mass is 32.2. The molecular weight excluding hydrogens is 290 g/mol. The Morgan fingerprint density at radius 3 is 2.33 bits per heavy atom. The highest BCUT2D eigenvalue weighted by molar-refractivity contribution is 7.89. The van der Waals surface area contributed by atoms with Crippen LogP contribution in [0.3, 0.4) is 0 Å². The fourth-order valence-corrected chi connectivity index (χ4v) is 2.78. The number of anilines is 1. The lowest BCUT2D eigenvalue weighted by Crippen LogP contribution is -2.35. The summed E-state index contributed by atoms with van der Waals surface area (Å²) in [6.45, 7) is 9.74. The van der Waals surface area contributed by atoms with Gasteiger partial charge in [-0.25, -0.2) is 23.1 Å². The van der Waals surface area contributed by atoms with Crippen LogP contribution >= 0.6 is 0 Å². The van der Waals surface area contributed by atoms with Gasteiger partial charge in [0.2, 0.25) is 16.0 Å². The molecule has 0 aliphatic heterocycles. The minimum atomic E-state index is -3.54. The lowest BCUT2D eigenvalue weighted by Gasteiger charge is -2.19. The van der Waals surface area contributed by atoms with Crippen LogP contribution in [0, 0.1) is 0 Å². The molecular formula is C13H25N5O2S. The van der Waals surface area contributed by atoms with Crippen LogP contribution in [0.5, 0.6) is 0 Å². The third-order valence-electron chi connectivity index (χ3n) is 2.98. The Bertz CT molecular complexity index is 504. The van der Waals surface area contributed by atoms with E-state index in [1.165, 1.54) is 12.4 Å². The summed E-state index contributed by atoms with van der Waals surface area (Å²) in [5.74, 6) is 0.427. The van der Waals surface area contributed by atoms with E-state index in [0.717, 1.165) is 19.5 Å². The van der Waals surface area contributed by atoms with Gasteiger partial charge in [0, 0.05) is 19.6 Å². The van der Waals surface area contributed by atoms with Crippen molar-refractivity contribution in [3.8, 4) is 0 Å². The van der Waals surface area contributed by atoms with Crippen molar-refractivity contribution in [2.24, 2.45) is 0 Å². The first kappa shape index (κ1) is 17.8. The first-order valence-corrected chi connectivity index (χ1v) is 8.79. The Balaban J connectivity index is 2.56. The topological polar surface area (TPSA) is 87.2 Å². The van der Waals surface area contributed by atoms with Gasteiger partial charge in [0.1, 0.15) is 4.90 Å². The summed E-state index contributed by atoms with van der Waals surface area (Å²) in [5, 5.41) is 2.92. The molecule has 1 aromatic heterocycles. The molecule has 120 valence electrons. The predicted molar refractivity (Wildman–Crippen MR) is 83.8 cm³/mol. The molecule has 8 heteroatoms. The highest BCUT2D eigenvalue weighted by Gasteiger charge is 2.15. The van der Waals surface area contributed by atoms with Gasteiger partial charge in [-0.3, -0.25) is 0 Å². The summed E-state index contributed by atoms with van der Waals surface area (Å²) in [7, 11) is -3.54. The fourth-order valence-electron chi connectivity index (χ4n) is 1.87. The summed E-state index contributed by atoms with van der Waals surface area (Å²) in [6.07, 6.45) is 3.69. The second kappa shape index (κ2) is 8.91. The van der Waals surface area contributed by atoms with Gasteiger partial charge in [-0.15, -0.1) is 0 Å². The van der Waals surface area contributed by atoms with Gasteiger partial charge >= 0.3 is 0 Å². The fraction of sp³-hybridized carbons (Fsp3) is 0.692. The molecule has 0 spiro atoms. The molecule has 0 atom stereocenters. The standard InChI is InChI=1S/C13H25N5O2S/c1-4-8-18(6-3)9-7-17-21(19,20)12-10-15-13(14-5-2)16-11-12/h10-11,17H,4-9H2,1-3H3,(H,14,15,16). The molecule has 0 fully saturated rings. The predicted octanol–water partition coefficient (Wildman–Crippen LogP) is 0.919. The van der Waals surface area contributed by atoms with E-state index >= 15 is 0 Å². The highest BCUT2D eigenvalue weighted by Crippen LogP contribution is 2.07. The summed E-state index contributed by atoms with van der Waals surface area (Å²) in [4.78, 5) is 10.2. The maximum absolute atomic E-state index is 12.1. The van der Waals surface area contributed by atoms with Gasteiger partial charge in [0.15, 0.2) is 0 Å². The van der Waals surface area contributed by atoms with E-state index in [-0.39, 0.29) is 4.90 Å². The zero-order chi connectivity index (χ0) is 15.7. The van der Waals surface area contributed by atoms with Crippen molar-refractivity contribution in [3.63, 3.8) is 0 Å². The maximum Gasteiger partial charge on any atom is 0.243 e. The number of nitrogens with zero attached hydrogens (tertiary/aromatic N) is 3. The van der Waals surface area contributed by atoms with Crippen LogP contribution in [0.4, 0.5) is 5.95 Å². The van der Waals surface area contributed by atoms with Gasteiger partial charge in [-0.05, 0) is 26.4 Å². The summed E-state index contributed by atoms with van der Waals surface area (Å²) >= 11 is 0. The molecule has 0 saturated carbocycles. The van der Waals surface area contributed by atoms with Crippen molar-refractivity contribution in [2.75, 3.05) is 38.0 Å². The number of sulfonamides is 1. The molecule has 2 N–H and O–H groups in total. The Labute approximate surface area is 127 Å². The number of rotatable bonds is 10. The Morgan fingerprint density at radius 1 is 1.14 bits per heavy atom. The molecule has 21 heavy (non-hydrogen) atoms. The molecule has 0 aliphatic rings. The molecule has 1 aromatic rings. The number of aromatic nitrogens is 2. The molecule has 0 aliphatic carbocycles. The van der Waals surface area contributed by atoms with E-state index in [4.69, 9.17) is 0 Å². The van der Waals surface area contributed by atoms with Crippen molar-refractivity contribution < 1.29 is 8.42 Å². The van der Waals surface area contributed by atoms with Crippen LogP contribution in [-0.4, -0.2) is 56.0 Å². The zero-order valence-electron chi connectivity index (χ0n) is 13.0. The summed E-state index contributed by atoms with van der Waals surface area (Å²) in [6, 6.07) is 0. The van der Waals surface area contributed by atoms with Crippen LogP contribution in [0.25, 0.3) is 0 Å². The minimum Gasteiger partial charge on any atom is -0.355 e. The number of hydrogen-bond acceptors (Lipinski definition) is 6. The monoisotopic (exact) mass is 315 g/mol. The Morgan fingerprint density at radius 2 is 1.81 bits per heavy atom. The summed E-state index contributed by atoms with van der Waals surface area (Å²) < 4.78 is 26.8. The van der Waals surface area contributed by atoms with Crippen molar-refractivity contribution in [2.45, 2.75) is 32.1 Å². The third-order valence-corrected chi connectivity index (χ3v) is 4.40. The van der Waals surface area contributed by atoms with Crippen molar-refractivity contribution >= 4 is 16.0 Å². The SMILES string of the molecule is CCCN(CC)CCNS(=O)(=O)c1cnc(NCC)nc1. The van der Waals surface area contributed by atoms with Gasteiger partial charge in [-0.2, -0.15) is 0 Å². The molecule has 7 nitrogen and oxygen atoms in total. The summed E-state index contributed by atoms with van der Waals surface area (Å²) in [5.41, 5.74) is 0. The molecule has 0 amide bonds. The van der Waals surface area contributed by atoms with E-state index in [1.807, 2.05) is 6.92 Å². The minimum absolute atomic E-state index is 0.0858. The largest absolute Gasteiger partial charge is 0.355 e. The quantitative estimate of drug-likeness (QED) is 0.667. The maximum atomic E-state index is 12.1. The molecule has 1 heterocycles. The van der Waals surface area contributed by atoms with E-state index in [0.29, 0.717) is 25.6 Å². The van der Waals surface area contributed by atoms with Gasteiger partial charge in [-0.1, -0.05) is 13.8 Å². The smallest absolute Gasteiger partial charge is 0.243 e. The normalized spacial score (nSPS) is 11.8. The van der Waals surface area contributed by atoms with Crippen molar-refractivity contribution in [1.82, 2.24) is 19.6 Å². The third kappa shape index (κ3) is 5.94. The van der Waals surface area contributed by atoms with Crippen molar-refractivity contribution in [3.05, 3.63) is 12.4 Å². The number of nitrogens with one attached hydrogen (secondary N) is 2. The first-order chi connectivity index (χ1) is 10.0. The van der Waals surface area contributed by atoms with E-state index < -0.39 is 10.0 Å². The average Bonchev–Trinajstić information content (AvgIpc) is 2.47. The second-order valence-corrected chi connectivity index (χ2v) is 6.37. The number of hydrogen-bond donors (Lipinski definition) is 2. The molecule has 0 bridgehead atoms. The second-order valence-electron chi connectivity index (χ2n) is 4.60. The van der Waals surface area contributed by atoms with Crippen LogP contribution < -0.4 is 10.0 Å². The van der Waals surface area contributed by atoms with Gasteiger partial charge < -0.3 is 10.2 Å². The van der Waals surface area contributed by atoms with E-state index in [2.05, 4.69) is 38.8 Å². The van der Waals surface area contributed by atoms with Crippen LogP contribution in [-0.2, 0) is 10.0 Å². The Hall–Kier alpha value is -1.25. The van der Waals surface area contributed by atoms with E-state index in [9.17, 15) is 8.42 Å².